The van der Waals surface area contributed by atoms with E-state index in [0.717, 1.165) is 28.1 Å². The molecule has 2 heterocycles. The van der Waals surface area contributed by atoms with Gasteiger partial charge in [0.25, 0.3) is 0 Å². The third-order valence-corrected chi connectivity index (χ3v) is 3.60. The molecule has 0 aliphatic heterocycles. The molecule has 96 valence electrons. The number of aromatic amines is 1. The number of imidazole rings is 1. The number of nitrogens with zero attached hydrogens (tertiary/aromatic N) is 2. The minimum absolute atomic E-state index is 0.624. The molecular formula is C14H12ClN3S. The van der Waals surface area contributed by atoms with Crippen molar-refractivity contribution in [3.8, 4) is 5.69 Å². The zero-order chi connectivity index (χ0) is 13.6. The first-order chi connectivity index (χ1) is 9.06. The monoisotopic (exact) mass is 289 g/mol. The zero-order valence-corrected chi connectivity index (χ0v) is 12.1. The van der Waals surface area contributed by atoms with E-state index in [4.69, 9.17) is 23.8 Å². The van der Waals surface area contributed by atoms with Gasteiger partial charge in [0.15, 0.2) is 10.4 Å². The zero-order valence-electron chi connectivity index (χ0n) is 10.6. The van der Waals surface area contributed by atoms with Crippen molar-refractivity contribution in [2.24, 2.45) is 0 Å². The van der Waals surface area contributed by atoms with E-state index in [2.05, 4.69) is 9.97 Å². The van der Waals surface area contributed by atoms with Crippen LogP contribution in [0.15, 0.2) is 30.3 Å². The van der Waals surface area contributed by atoms with Gasteiger partial charge in [0.1, 0.15) is 0 Å². The Labute approximate surface area is 120 Å². The molecule has 3 nitrogen and oxygen atoms in total. The van der Waals surface area contributed by atoms with Crippen molar-refractivity contribution in [2.45, 2.75) is 13.8 Å². The Morgan fingerprint density at radius 1 is 1.21 bits per heavy atom. The summed E-state index contributed by atoms with van der Waals surface area (Å²) in [4.78, 5) is 7.74. The van der Waals surface area contributed by atoms with Crippen molar-refractivity contribution in [3.63, 3.8) is 0 Å². The highest BCUT2D eigenvalue weighted by Crippen LogP contribution is 2.24. The Bertz CT molecular complexity index is 832. The summed E-state index contributed by atoms with van der Waals surface area (Å²) < 4.78 is 2.55. The Kier molecular flexibility index (Phi) is 2.92. The SMILES string of the molecule is Cc1ccc2[nH]c(=S)n(-c3cc(Cl)ccc3C)c2n1. The molecule has 0 saturated carbocycles. The number of fused-ring (bicyclic) bond motifs is 1. The summed E-state index contributed by atoms with van der Waals surface area (Å²) in [6.07, 6.45) is 0. The molecule has 3 aromatic rings. The minimum Gasteiger partial charge on any atom is -0.329 e. The number of halogens is 1. The van der Waals surface area contributed by atoms with Crippen LogP contribution in [0.4, 0.5) is 0 Å². The molecule has 5 heteroatoms. The largest absolute Gasteiger partial charge is 0.329 e. The molecule has 1 aromatic carbocycles. The van der Waals surface area contributed by atoms with Gasteiger partial charge < -0.3 is 4.98 Å². The van der Waals surface area contributed by atoms with E-state index in [1.54, 1.807) is 0 Å². The third kappa shape index (κ3) is 2.07. The van der Waals surface area contributed by atoms with Gasteiger partial charge in [-0.3, -0.25) is 4.57 Å². The van der Waals surface area contributed by atoms with Crippen LogP contribution in [0.2, 0.25) is 5.02 Å². The molecule has 0 aliphatic rings. The van der Waals surface area contributed by atoms with Crippen molar-refractivity contribution < 1.29 is 0 Å². The Hall–Kier alpha value is -1.65. The molecule has 0 radical (unpaired) electrons. The first-order valence-electron chi connectivity index (χ1n) is 5.91. The number of H-pyrrole nitrogens is 1. The quantitative estimate of drug-likeness (QED) is 0.676. The van der Waals surface area contributed by atoms with Gasteiger partial charge in [-0.2, -0.15) is 0 Å². The smallest absolute Gasteiger partial charge is 0.184 e. The van der Waals surface area contributed by atoms with Gasteiger partial charge in [-0.25, -0.2) is 4.98 Å². The van der Waals surface area contributed by atoms with Crippen LogP contribution in [-0.4, -0.2) is 14.5 Å². The summed E-state index contributed by atoms with van der Waals surface area (Å²) in [5.41, 5.74) is 4.77. The second-order valence-electron chi connectivity index (χ2n) is 4.52. The van der Waals surface area contributed by atoms with Gasteiger partial charge in [0, 0.05) is 10.7 Å². The lowest BCUT2D eigenvalue weighted by molar-refractivity contribution is 1.02. The molecule has 0 spiro atoms. The molecule has 0 fully saturated rings. The number of aromatic nitrogens is 3. The summed E-state index contributed by atoms with van der Waals surface area (Å²) in [7, 11) is 0. The van der Waals surface area contributed by atoms with Crippen molar-refractivity contribution in [1.29, 1.82) is 0 Å². The van der Waals surface area contributed by atoms with E-state index in [9.17, 15) is 0 Å². The van der Waals surface area contributed by atoms with Crippen LogP contribution >= 0.6 is 23.8 Å². The first kappa shape index (κ1) is 12.4. The van der Waals surface area contributed by atoms with Crippen LogP contribution in [0, 0.1) is 18.6 Å². The van der Waals surface area contributed by atoms with Crippen molar-refractivity contribution in [2.75, 3.05) is 0 Å². The summed E-state index contributed by atoms with van der Waals surface area (Å²) in [6.45, 7) is 3.99. The fraction of sp³-hybridized carbons (Fsp3) is 0.143. The number of hydrogen-bond acceptors (Lipinski definition) is 2. The van der Waals surface area contributed by atoms with E-state index < -0.39 is 0 Å². The van der Waals surface area contributed by atoms with E-state index >= 15 is 0 Å². The van der Waals surface area contributed by atoms with E-state index in [1.165, 1.54) is 0 Å². The van der Waals surface area contributed by atoms with Gasteiger partial charge >= 0.3 is 0 Å². The van der Waals surface area contributed by atoms with Gasteiger partial charge in [-0.05, 0) is 55.9 Å². The highest BCUT2D eigenvalue weighted by Gasteiger charge is 2.10. The second kappa shape index (κ2) is 4.47. The molecular weight excluding hydrogens is 278 g/mol. The van der Waals surface area contributed by atoms with Crippen LogP contribution in [-0.2, 0) is 0 Å². The molecule has 0 saturated heterocycles. The molecule has 19 heavy (non-hydrogen) atoms. The molecule has 0 amide bonds. The van der Waals surface area contributed by atoms with Crippen LogP contribution in [0.3, 0.4) is 0 Å². The molecule has 1 N–H and O–H groups in total. The average molecular weight is 290 g/mol. The molecule has 2 aromatic heterocycles. The average Bonchev–Trinajstić information content (AvgIpc) is 2.68. The normalized spacial score (nSPS) is 11.1. The number of pyridine rings is 1. The first-order valence-corrected chi connectivity index (χ1v) is 6.70. The maximum absolute atomic E-state index is 6.09. The summed E-state index contributed by atoms with van der Waals surface area (Å²) in [6, 6.07) is 9.71. The van der Waals surface area contributed by atoms with Gasteiger partial charge in [0.2, 0.25) is 0 Å². The highest BCUT2D eigenvalue weighted by atomic mass is 35.5. The second-order valence-corrected chi connectivity index (χ2v) is 5.34. The van der Waals surface area contributed by atoms with Crippen molar-refractivity contribution in [3.05, 3.63) is 51.4 Å². The predicted molar refractivity (Wildman–Crippen MR) is 80.7 cm³/mol. The standard InChI is InChI=1S/C14H12ClN3S/c1-8-3-5-10(15)7-12(8)18-13-11(17-14(18)19)6-4-9(2)16-13/h3-7H,1-2H3,(H,17,19). The van der Waals surface area contributed by atoms with Gasteiger partial charge in [-0.1, -0.05) is 17.7 Å². The Morgan fingerprint density at radius 3 is 2.79 bits per heavy atom. The Morgan fingerprint density at radius 2 is 2.00 bits per heavy atom. The van der Waals surface area contributed by atoms with Crippen molar-refractivity contribution >= 4 is 35.0 Å². The molecule has 0 atom stereocenters. The van der Waals surface area contributed by atoms with Crippen molar-refractivity contribution in [1.82, 2.24) is 14.5 Å². The fourth-order valence-electron chi connectivity index (χ4n) is 2.13. The maximum atomic E-state index is 6.09. The molecule has 0 bridgehead atoms. The molecule has 3 rings (SSSR count). The molecule has 0 aliphatic carbocycles. The van der Waals surface area contributed by atoms with Crippen LogP contribution in [0.1, 0.15) is 11.3 Å². The number of nitrogens with one attached hydrogen (secondary N) is 1. The topological polar surface area (TPSA) is 33.6 Å². The lowest BCUT2D eigenvalue weighted by atomic mass is 10.2. The minimum atomic E-state index is 0.624. The number of aryl methyl sites for hydroxylation is 2. The summed E-state index contributed by atoms with van der Waals surface area (Å²) in [5.74, 6) is 0. The van der Waals surface area contributed by atoms with E-state index in [0.29, 0.717) is 9.79 Å². The van der Waals surface area contributed by atoms with Crippen LogP contribution in [0.25, 0.3) is 16.9 Å². The number of rotatable bonds is 1. The van der Waals surface area contributed by atoms with Gasteiger partial charge in [-0.15, -0.1) is 0 Å². The predicted octanol–water partition coefficient (Wildman–Crippen LogP) is 4.35. The van der Waals surface area contributed by atoms with Gasteiger partial charge in [0.05, 0.1) is 11.2 Å². The molecule has 0 unspecified atom stereocenters. The van der Waals surface area contributed by atoms with E-state index in [-0.39, 0.29) is 0 Å². The lowest BCUT2D eigenvalue weighted by Crippen LogP contribution is -1.99. The third-order valence-electron chi connectivity index (χ3n) is 3.08. The Balaban J connectivity index is 2.42. The number of benzene rings is 1. The van der Waals surface area contributed by atoms with Crippen LogP contribution < -0.4 is 0 Å². The summed E-state index contributed by atoms with van der Waals surface area (Å²) in [5, 5.41) is 0.685. The highest BCUT2D eigenvalue weighted by molar-refractivity contribution is 7.71. The summed E-state index contributed by atoms with van der Waals surface area (Å²) >= 11 is 11.5. The van der Waals surface area contributed by atoms with Crippen LogP contribution in [0.5, 0.6) is 0 Å². The fourth-order valence-corrected chi connectivity index (χ4v) is 2.59. The number of hydrogen-bond donors (Lipinski definition) is 1. The lowest BCUT2D eigenvalue weighted by Gasteiger charge is -2.08. The van der Waals surface area contributed by atoms with E-state index in [1.807, 2.05) is 48.7 Å². The maximum Gasteiger partial charge on any atom is 0.184 e.